The highest BCUT2D eigenvalue weighted by atomic mass is 28.3. The van der Waals surface area contributed by atoms with Crippen LogP contribution in [0.5, 0.6) is 0 Å². The predicted octanol–water partition coefficient (Wildman–Crippen LogP) is 5.85. The fraction of sp³-hybridized carbons (Fsp3) is 0.222. The smallest absolute Gasteiger partial charge is 0.290 e. The highest BCUT2D eigenvalue weighted by molar-refractivity contribution is 6.76. The number of aromatic amines is 1. The Morgan fingerprint density at radius 2 is 1.53 bits per heavy atom. The highest BCUT2D eigenvalue weighted by Crippen LogP contribution is 2.33. The molecule has 0 bridgehead atoms. The van der Waals surface area contributed by atoms with Crippen LogP contribution in [0.4, 0.5) is 0 Å². The second-order valence-corrected chi connectivity index (χ2v) is 15.0. The normalized spacial score (nSPS) is 11.4. The first-order valence-electron chi connectivity index (χ1n) is 11.4. The first-order chi connectivity index (χ1) is 16.4. The number of hydrogen-bond donors (Lipinski definition) is 2. The molecule has 0 saturated carbocycles. The van der Waals surface area contributed by atoms with Crippen molar-refractivity contribution in [3.05, 3.63) is 84.7 Å². The molecule has 1 aromatic heterocycles. The number of nitrogens with zero attached hydrogens (tertiary/aromatic N) is 2. The number of ether oxygens (including phenoxy) is 1. The molecule has 4 rings (SSSR count). The van der Waals surface area contributed by atoms with Gasteiger partial charge in [-0.3, -0.25) is 9.89 Å². The van der Waals surface area contributed by atoms with Crippen molar-refractivity contribution in [2.24, 2.45) is 0 Å². The van der Waals surface area contributed by atoms with E-state index in [2.05, 4.69) is 70.5 Å². The van der Waals surface area contributed by atoms with Crippen molar-refractivity contribution < 1.29 is 9.53 Å². The van der Waals surface area contributed by atoms with Crippen molar-refractivity contribution in [2.45, 2.75) is 25.7 Å². The molecule has 2 N–H and O–H groups in total. The van der Waals surface area contributed by atoms with Gasteiger partial charge in [-0.15, -0.1) is 0 Å². The monoisotopic (exact) mass is 470 g/mol. The van der Waals surface area contributed by atoms with Crippen LogP contribution in [0, 0.1) is 0 Å². The Hall–Kier alpha value is -3.55. The molecule has 0 atom stereocenters. The molecule has 0 aliphatic rings. The third kappa shape index (κ3) is 6.06. The summed E-state index contributed by atoms with van der Waals surface area (Å²) in [4.78, 5) is 16.8. The number of hydrogen-bond acceptors (Lipinski definition) is 4. The van der Waals surface area contributed by atoms with Gasteiger partial charge >= 0.3 is 0 Å². The summed E-state index contributed by atoms with van der Waals surface area (Å²) in [5.41, 5.74) is 5.34. The minimum absolute atomic E-state index is 0.158. The van der Waals surface area contributed by atoms with Crippen LogP contribution in [0.25, 0.3) is 33.6 Å². The van der Waals surface area contributed by atoms with Crippen LogP contribution in [-0.2, 0) is 4.74 Å². The summed E-state index contributed by atoms with van der Waals surface area (Å²) in [5.74, 6) is 0.306. The Kier molecular flexibility index (Phi) is 7.35. The molecule has 1 heterocycles. The van der Waals surface area contributed by atoms with Crippen molar-refractivity contribution in [3.8, 4) is 33.6 Å². The number of carbonyl (C=O) groups excluding carboxylic acids is 1. The number of H-pyrrole nitrogens is 1. The van der Waals surface area contributed by atoms with Gasteiger partial charge in [0.25, 0.3) is 5.91 Å². The molecule has 4 aromatic rings. The van der Waals surface area contributed by atoms with Crippen molar-refractivity contribution in [1.82, 2.24) is 20.5 Å². The van der Waals surface area contributed by atoms with Gasteiger partial charge in [0.2, 0.25) is 5.82 Å². The molecule has 6 nitrogen and oxygen atoms in total. The summed E-state index contributed by atoms with van der Waals surface area (Å²) in [6, 6.07) is 27.7. The Labute approximate surface area is 201 Å². The Morgan fingerprint density at radius 1 is 0.882 bits per heavy atom. The second kappa shape index (κ2) is 10.6. The Balaban J connectivity index is 1.47. The number of amides is 1. The van der Waals surface area contributed by atoms with Gasteiger partial charge in [0.15, 0.2) is 5.82 Å². The van der Waals surface area contributed by atoms with Gasteiger partial charge in [-0.25, -0.2) is 4.98 Å². The third-order valence-corrected chi connectivity index (χ3v) is 7.18. The van der Waals surface area contributed by atoms with Crippen LogP contribution in [0.15, 0.2) is 78.9 Å². The molecule has 0 unspecified atom stereocenters. The molecule has 7 heteroatoms. The van der Waals surface area contributed by atoms with Gasteiger partial charge < -0.3 is 10.1 Å². The summed E-state index contributed by atoms with van der Waals surface area (Å²) < 4.78 is 5.55. The van der Waals surface area contributed by atoms with Crippen molar-refractivity contribution in [2.75, 3.05) is 13.3 Å². The van der Waals surface area contributed by atoms with E-state index >= 15 is 0 Å². The van der Waals surface area contributed by atoms with Crippen LogP contribution < -0.4 is 5.32 Å². The fourth-order valence-electron chi connectivity index (χ4n) is 3.57. The lowest BCUT2D eigenvalue weighted by molar-refractivity contribution is 0.0806. The standard InChI is InChI=1S/C27H30N4O2Si/c1-34(2,3)17-16-33-19-28-27(32)26-29-25(30-31-26)22-13-9-12-21(18-22)24-15-8-7-14-23(24)20-10-5-4-6-11-20/h4-15,18H,16-17,19H2,1-3H3,(H,28,32)(H,29,30,31). The maximum Gasteiger partial charge on any atom is 0.290 e. The minimum atomic E-state index is -1.15. The summed E-state index contributed by atoms with van der Waals surface area (Å²) >= 11 is 0. The molecule has 3 aromatic carbocycles. The number of aromatic nitrogens is 3. The van der Waals surface area contributed by atoms with E-state index in [0.717, 1.165) is 33.9 Å². The van der Waals surface area contributed by atoms with Gasteiger partial charge in [-0.1, -0.05) is 92.4 Å². The minimum Gasteiger partial charge on any atom is -0.362 e. The Morgan fingerprint density at radius 3 is 2.26 bits per heavy atom. The molecule has 0 aliphatic carbocycles. The molecular formula is C27H30N4O2Si. The SMILES string of the molecule is C[Si](C)(C)CCOCNC(=O)c1nc(-c2cccc(-c3ccccc3-c3ccccc3)c2)n[nH]1. The second-order valence-electron chi connectivity index (χ2n) is 9.37. The average Bonchev–Trinajstić information content (AvgIpc) is 3.34. The van der Waals surface area contributed by atoms with Crippen LogP contribution >= 0.6 is 0 Å². The molecule has 174 valence electrons. The van der Waals surface area contributed by atoms with Crippen LogP contribution in [0.2, 0.25) is 25.7 Å². The van der Waals surface area contributed by atoms with E-state index < -0.39 is 8.07 Å². The van der Waals surface area contributed by atoms with Gasteiger partial charge in [0.05, 0.1) is 0 Å². The van der Waals surface area contributed by atoms with Crippen molar-refractivity contribution >= 4 is 14.0 Å². The average molecular weight is 471 g/mol. The summed E-state index contributed by atoms with van der Waals surface area (Å²) in [6.07, 6.45) is 0. The Bertz CT molecular complexity index is 1250. The number of benzene rings is 3. The van der Waals surface area contributed by atoms with E-state index in [4.69, 9.17) is 4.74 Å². The molecule has 0 fully saturated rings. The van der Waals surface area contributed by atoms with Gasteiger partial charge in [0, 0.05) is 20.2 Å². The number of nitrogens with one attached hydrogen (secondary N) is 2. The third-order valence-electron chi connectivity index (χ3n) is 5.48. The summed E-state index contributed by atoms with van der Waals surface area (Å²) in [6.45, 7) is 7.68. The van der Waals surface area contributed by atoms with E-state index in [1.807, 2.05) is 48.5 Å². The van der Waals surface area contributed by atoms with Crippen molar-refractivity contribution in [3.63, 3.8) is 0 Å². The first kappa shape index (κ1) is 23.6. The van der Waals surface area contributed by atoms with E-state index in [0.29, 0.717) is 12.4 Å². The number of rotatable bonds is 9. The predicted molar refractivity (Wildman–Crippen MR) is 139 cm³/mol. The topological polar surface area (TPSA) is 79.9 Å². The molecule has 0 spiro atoms. The lowest BCUT2D eigenvalue weighted by Gasteiger charge is -2.15. The molecular weight excluding hydrogens is 440 g/mol. The van der Waals surface area contributed by atoms with Crippen molar-refractivity contribution in [1.29, 1.82) is 0 Å². The maximum atomic E-state index is 12.4. The van der Waals surface area contributed by atoms with Gasteiger partial charge in [-0.2, -0.15) is 5.10 Å². The molecule has 34 heavy (non-hydrogen) atoms. The first-order valence-corrected chi connectivity index (χ1v) is 15.1. The van der Waals surface area contributed by atoms with Gasteiger partial charge in [-0.05, 0) is 34.4 Å². The van der Waals surface area contributed by atoms with E-state index in [9.17, 15) is 4.79 Å². The lowest BCUT2D eigenvalue weighted by atomic mass is 9.94. The zero-order valence-corrected chi connectivity index (χ0v) is 20.8. The quantitative estimate of drug-likeness (QED) is 0.183. The largest absolute Gasteiger partial charge is 0.362 e. The van der Waals surface area contributed by atoms with Crippen LogP contribution in [0.1, 0.15) is 10.6 Å². The summed E-state index contributed by atoms with van der Waals surface area (Å²) in [7, 11) is -1.15. The molecule has 0 aliphatic heterocycles. The maximum absolute atomic E-state index is 12.4. The zero-order valence-electron chi connectivity index (χ0n) is 19.8. The van der Waals surface area contributed by atoms with Gasteiger partial charge in [0.1, 0.15) is 6.73 Å². The van der Waals surface area contributed by atoms with E-state index in [1.54, 1.807) is 0 Å². The van der Waals surface area contributed by atoms with E-state index in [1.165, 1.54) is 0 Å². The van der Waals surface area contributed by atoms with Crippen LogP contribution in [-0.4, -0.2) is 42.5 Å². The number of carbonyl (C=O) groups is 1. The fourth-order valence-corrected chi connectivity index (χ4v) is 4.33. The molecule has 0 saturated heterocycles. The van der Waals surface area contributed by atoms with Crippen LogP contribution in [0.3, 0.4) is 0 Å². The molecule has 1 amide bonds. The zero-order chi connectivity index (χ0) is 24.0. The lowest BCUT2D eigenvalue weighted by Crippen LogP contribution is -2.29. The molecule has 0 radical (unpaired) electrons. The van der Waals surface area contributed by atoms with E-state index in [-0.39, 0.29) is 18.5 Å². The highest BCUT2D eigenvalue weighted by Gasteiger charge is 2.15. The summed E-state index contributed by atoms with van der Waals surface area (Å²) in [5, 5.41) is 9.74.